The van der Waals surface area contributed by atoms with E-state index in [9.17, 15) is 0 Å². The molecule has 3 nitrogen and oxygen atoms in total. The SMILES string of the molecule is Cc1ccc(-c2nc(CNC3(C)CCNC3)cs2)cc1. The van der Waals surface area contributed by atoms with Gasteiger partial charge in [0.1, 0.15) is 5.01 Å². The van der Waals surface area contributed by atoms with Gasteiger partial charge in [0, 0.05) is 29.6 Å². The summed E-state index contributed by atoms with van der Waals surface area (Å²) in [4.78, 5) is 4.74. The van der Waals surface area contributed by atoms with E-state index in [0.717, 1.165) is 30.3 Å². The minimum Gasteiger partial charge on any atom is -0.315 e. The van der Waals surface area contributed by atoms with Crippen molar-refractivity contribution in [2.45, 2.75) is 32.4 Å². The van der Waals surface area contributed by atoms with Crippen LogP contribution in [0.25, 0.3) is 10.6 Å². The van der Waals surface area contributed by atoms with Gasteiger partial charge in [0.2, 0.25) is 0 Å². The molecule has 2 N–H and O–H groups in total. The van der Waals surface area contributed by atoms with Gasteiger partial charge >= 0.3 is 0 Å². The van der Waals surface area contributed by atoms with Crippen LogP contribution in [0, 0.1) is 6.92 Å². The highest BCUT2D eigenvalue weighted by Gasteiger charge is 2.27. The van der Waals surface area contributed by atoms with E-state index >= 15 is 0 Å². The van der Waals surface area contributed by atoms with Crippen molar-refractivity contribution in [3.63, 3.8) is 0 Å². The molecular formula is C16H21N3S. The van der Waals surface area contributed by atoms with Gasteiger partial charge in [-0.1, -0.05) is 29.8 Å². The van der Waals surface area contributed by atoms with Gasteiger partial charge < -0.3 is 10.6 Å². The third-order valence-corrected chi connectivity index (χ3v) is 4.86. The molecule has 0 spiro atoms. The lowest BCUT2D eigenvalue weighted by molar-refractivity contribution is 0.384. The van der Waals surface area contributed by atoms with E-state index in [-0.39, 0.29) is 5.54 Å². The number of rotatable bonds is 4. The van der Waals surface area contributed by atoms with E-state index in [4.69, 9.17) is 4.98 Å². The molecule has 1 atom stereocenters. The monoisotopic (exact) mass is 287 g/mol. The summed E-state index contributed by atoms with van der Waals surface area (Å²) in [5, 5.41) is 10.3. The van der Waals surface area contributed by atoms with Crippen molar-refractivity contribution < 1.29 is 0 Å². The molecule has 0 bridgehead atoms. The summed E-state index contributed by atoms with van der Waals surface area (Å²) in [6.07, 6.45) is 1.18. The molecule has 1 saturated heterocycles. The molecule has 3 rings (SSSR count). The van der Waals surface area contributed by atoms with Crippen molar-refractivity contribution in [3.05, 3.63) is 40.9 Å². The normalized spacial score (nSPS) is 22.3. The van der Waals surface area contributed by atoms with Gasteiger partial charge in [-0.25, -0.2) is 4.98 Å². The van der Waals surface area contributed by atoms with Crippen LogP contribution in [0.2, 0.25) is 0 Å². The fraction of sp³-hybridized carbons (Fsp3) is 0.438. The average molecular weight is 287 g/mol. The number of aryl methyl sites for hydroxylation is 1. The van der Waals surface area contributed by atoms with Gasteiger partial charge in [-0.3, -0.25) is 0 Å². The second-order valence-corrected chi connectivity index (χ2v) is 6.71. The zero-order valence-electron chi connectivity index (χ0n) is 12.1. The van der Waals surface area contributed by atoms with Crippen molar-refractivity contribution in [1.29, 1.82) is 0 Å². The lowest BCUT2D eigenvalue weighted by Gasteiger charge is -2.23. The number of thiazole rings is 1. The average Bonchev–Trinajstić information content (AvgIpc) is 3.07. The number of nitrogens with one attached hydrogen (secondary N) is 2. The standard InChI is InChI=1S/C16H21N3S/c1-12-3-5-13(6-4-12)15-19-14(10-20-15)9-18-16(2)7-8-17-11-16/h3-6,10,17-18H,7-9,11H2,1-2H3. The zero-order chi connectivity index (χ0) is 14.0. The molecular weight excluding hydrogens is 266 g/mol. The predicted molar refractivity (Wildman–Crippen MR) is 85.0 cm³/mol. The Bertz CT molecular complexity index is 568. The molecule has 0 amide bonds. The van der Waals surface area contributed by atoms with E-state index in [0.29, 0.717) is 0 Å². The summed E-state index contributed by atoms with van der Waals surface area (Å²) >= 11 is 1.72. The van der Waals surface area contributed by atoms with Gasteiger partial charge in [0.25, 0.3) is 0 Å². The van der Waals surface area contributed by atoms with E-state index < -0.39 is 0 Å². The van der Waals surface area contributed by atoms with Crippen LogP contribution in [0.15, 0.2) is 29.6 Å². The van der Waals surface area contributed by atoms with E-state index in [1.165, 1.54) is 17.5 Å². The smallest absolute Gasteiger partial charge is 0.123 e. The highest BCUT2D eigenvalue weighted by atomic mass is 32.1. The van der Waals surface area contributed by atoms with Gasteiger partial charge in [-0.15, -0.1) is 11.3 Å². The first-order chi connectivity index (χ1) is 9.65. The van der Waals surface area contributed by atoms with Crippen LogP contribution in [0.5, 0.6) is 0 Å². The van der Waals surface area contributed by atoms with Crippen molar-refractivity contribution in [1.82, 2.24) is 15.6 Å². The molecule has 2 heterocycles. The fourth-order valence-electron chi connectivity index (χ4n) is 2.49. The highest BCUT2D eigenvalue weighted by molar-refractivity contribution is 7.13. The summed E-state index contributed by atoms with van der Waals surface area (Å²) in [6, 6.07) is 8.57. The van der Waals surface area contributed by atoms with Crippen LogP contribution in [0.4, 0.5) is 0 Å². The molecule has 0 aliphatic carbocycles. The van der Waals surface area contributed by atoms with Gasteiger partial charge in [-0.2, -0.15) is 0 Å². The number of hydrogen-bond acceptors (Lipinski definition) is 4. The Morgan fingerprint density at radius 2 is 2.15 bits per heavy atom. The van der Waals surface area contributed by atoms with Crippen LogP contribution in [-0.2, 0) is 6.54 Å². The maximum absolute atomic E-state index is 4.74. The summed E-state index contributed by atoms with van der Waals surface area (Å²) < 4.78 is 0. The maximum atomic E-state index is 4.74. The van der Waals surface area contributed by atoms with Crippen LogP contribution in [0.3, 0.4) is 0 Å². The lowest BCUT2D eigenvalue weighted by atomic mass is 10.0. The topological polar surface area (TPSA) is 37.0 Å². The summed E-state index contributed by atoms with van der Waals surface area (Å²) in [5.74, 6) is 0. The maximum Gasteiger partial charge on any atom is 0.123 e. The Balaban J connectivity index is 1.66. The molecule has 1 aliphatic heterocycles. The molecule has 20 heavy (non-hydrogen) atoms. The minimum atomic E-state index is 0.216. The summed E-state index contributed by atoms with van der Waals surface area (Å²) in [7, 11) is 0. The first-order valence-corrected chi connectivity index (χ1v) is 8.00. The number of nitrogens with zero attached hydrogens (tertiary/aromatic N) is 1. The van der Waals surface area contributed by atoms with E-state index in [2.05, 4.69) is 54.1 Å². The Kier molecular flexibility index (Phi) is 3.87. The number of aromatic nitrogens is 1. The van der Waals surface area contributed by atoms with Crippen molar-refractivity contribution in [2.75, 3.05) is 13.1 Å². The molecule has 1 aromatic heterocycles. The molecule has 1 fully saturated rings. The number of benzene rings is 1. The third kappa shape index (κ3) is 3.08. The minimum absolute atomic E-state index is 0.216. The Hall–Kier alpha value is -1.23. The van der Waals surface area contributed by atoms with Crippen molar-refractivity contribution in [2.24, 2.45) is 0 Å². The van der Waals surface area contributed by atoms with Crippen LogP contribution < -0.4 is 10.6 Å². The highest BCUT2D eigenvalue weighted by Crippen LogP contribution is 2.24. The molecule has 2 aromatic rings. The molecule has 1 aromatic carbocycles. The molecule has 1 unspecified atom stereocenters. The fourth-order valence-corrected chi connectivity index (χ4v) is 3.31. The Morgan fingerprint density at radius 1 is 1.35 bits per heavy atom. The molecule has 1 aliphatic rings. The quantitative estimate of drug-likeness (QED) is 0.908. The van der Waals surface area contributed by atoms with Crippen LogP contribution >= 0.6 is 11.3 Å². The second kappa shape index (κ2) is 5.64. The number of hydrogen-bond donors (Lipinski definition) is 2. The second-order valence-electron chi connectivity index (χ2n) is 5.85. The largest absolute Gasteiger partial charge is 0.315 e. The van der Waals surface area contributed by atoms with Gasteiger partial charge in [0.15, 0.2) is 0 Å². The van der Waals surface area contributed by atoms with Crippen molar-refractivity contribution in [3.8, 4) is 10.6 Å². The van der Waals surface area contributed by atoms with Gasteiger partial charge in [-0.05, 0) is 26.8 Å². The molecule has 0 saturated carbocycles. The molecule has 4 heteroatoms. The van der Waals surface area contributed by atoms with E-state index in [1.54, 1.807) is 11.3 Å². The molecule has 0 radical (unpaired) electrons. The third-order valence-electron chi connectivity index (χ3n) is 3.92. The lowest BCUT2D eigenvalue weighted by Crippen LogP contribution is -2.43. The first-order valence-electron chi connectivity index (χ1n) is 7.12. The van der Waals surface area contributed by atoms with Crippen LogP contribution in [0.1, 0.15) is 24.6 Å². The van der Waals surface area contributed by atoms with Crippen molar-refractivity contribution >= 4 is 11.3 Å². The Labute approximate surface area is 124 Å². The Morgan fingerprint density at radius 3 is 2.85 bits per heavy atom. The summed E-state index contributed by atoms with van der Waals surface area (Å²) in [5.41, 5.74) is 3.85. The van der Waals surface area contributed by atoms with Crippen LogP contribution in [-0.4, -0.2) is 23.6 Å². The van der Waals surface area contributed by atoms with E-state index in [1.807, 2.05) is 0 Å². The predicted octanol–water partition coefficient (Wildman–Crippen LogP) is 2.96. The zero-order valence-corrected chi connectivity index (χ0v) is 12.9. The van der Waals surface area contributed by atoms with Gasteiger partial charge in [0.05, 0.1) is 5.69 Å². The summed E-state index contributed by atoms with van der Waals surface area (Å²) in [6.45, 7) is 7.38. The first kappa shape index (κ1) is 13.7. The molecule has 106 valence electrons.